The molecule has 0 aliphatic carbocycles. The van der Waals surface area contributed by atoms with Crippen LogP contribution in [0.5, 0.6) is 0 Å². The number of amides is 1. The van der Waals surface area contributed by atoms with E-state index in [0.29, 0.717) is 4.47 Å². The summed E-state index contributed by atoms with van der Waals surface area (Å²) in [5, 5.41) is 8.66. The van der Waals surface area contributed by atoms with Gasteiger partial charge in [0.15, 0.2) is 5.37 Å². The van der Waals surface area contributed by atoms with Gasteiger partial charge in [0.05, 0.1) is 4.90 Å². The number of nitrogens with one attached hydrogen (secondary N) is 1. The Bertz CT molecular complexity index is 559. The molecule has 7 heteroatoms. The summed E-state index contributed by atoms with van der Waals surface area (Å²) in [7, 11) is -3.91. The molecule has 1 unspecified atom stereocenters. The molecule has 1 atom stereocenters. The lowest BCUT2D eigenvalue weighted by Crippen LogP contribution is -2.38. The van der Waals surface area contributed by atoms with Crippen LogP contribution in [0.3, 0.4) is 0 Å². The predicted molar refractivity (Wildman–Crippen MR) is 65.1 cm³/mol. The molecule has 0 saturated carbocycles. The van der Waals surface area contributed by atoms with E-state index in [0.717, 1.165) is 0 Å². The highest BCUT2D eigenvalue weighted by Gasteiger charge is 2.26. The van der Waals surface area contributed by atoms with Crippen LogP contribution in [-0.2, 0) is 9.84 Å². The van der Waals surface area contributed by atoms with Crippen LogP contribution in [0.2, 0.25) is 0 Å². The molecule has 1 amide bonds. The molecular formula is C10H8BrNO4S. The summed E-state index contributed by atoms with van der Waals surface area (Å²) >= 11 is 3.16. The van der Waals surface area contributed by atoms with Crippen LogP contribution in [-0.4, -0.2) is 25.0 Å². The molecule has 90 valence electrons. The van der Waals surface area contributed by atoms with Crippen LogP contribution in [0.15, 0.2) is 33.6 Å². The van der Waals surface area contributed by atoms with Gasteiger partial charge in [0.2, 0.25) is 9.84 Å². The van der Waals surface area contributed by atoms with Crippen LogP contribution in [0.25, 0.3) is 0 Å². The summed E-state index contributed by atoms with van der Waals surface area (Å²) in [5.41, 5.74) is 0. The predicted octanol–water partition coefficient (Wildman–Crippen LogP) is 1.45. The van der Waals surface area contributed by atoms with Gasteiger partial charge in [0.25, 0.3) is 0 Å². The fourth-order valence-electron chi connectivity index (χ4n) is 1.08. The normalized spacial score (nSPS) is 12.5. The molecule has 1 aromatic carbocycles. The number of benzene rings is 1. The molecule has 0 spiro atoms. The SMILES string of the molecule is C#CC(NC(=O)O)S(=O)(=O)c1ccc(Br)cc1. The summed E-state index contributed by atoms with van der Waals surface area (Å²) in [6.07, 6.45) is 3.52. The zero-order valence-electron chi connectivity index (χ0n) is 8.42. The van der Waals surface area contributed by atoms with Gasteiger partial charge in [-0.2, -0.15) is 0 Å². The standard InChI is InChI=1S/C10H8BrNO4S/c1-2-9(12-10(13)14)17(15,16)8-5-3-7(11)4-6-8/h1,3-6,9,12H,(H,13,14). The maximum absolute atomic E-state index is 11.9. The molecule has 0 aromatic heterocycles. The second-order valence-electron chi connectivity index (χ2n) is 3.00. The number of carboxylic acid groups (broad SMARTS) is 1. The van der Waals surface area contributed by atoms with Crippen molar-refractivity contribution in [3.05, 3.63) is 28.7 Å². The van der Waals surface area contributed by atoms with E-state index in [4.69, 9.17) is 11.5 Å². The van der Waals surface area contributed by atoms with E-state index >= 15 is 0 Å². The summed E-state index contributed by atoms with van der Waals surface area (Å²) in [4.78, 5) is 10.4. The lowest BCUT2D eigenvalue weighted by atomic mass is 10.4. The van der Waals surface area contributed by atoms with E-state index < -0.39 is 21.3 Å². The number of terminal acetylenes is 1. The van der Waals surface area contributed by atoms with E-state index in [-0.39, 0.29) is 4.90 Å². The minimum absolute atomic E-state index is 0.0441. The number of sulfone groups is 1. The first kappa shape index (κ1) is 13.5. The number of carbonyl (C=O) groups is 1. The van der Waals surface area contributed by atoms with E-state index in [1.54, 1.807) is 5.32 Å². The highest BCUT2D eigenvalue weighted by atomic mass is 79.9. The molecule has 2 N–H and O–H groups in total. The zero-order valence-corrected chi connectivity index (χ0v) is 10.8. The molecule has 0 bridgehead atoms. The molecule has 1 rings (SSSR count). The number of hydrogen-bond acceptors (Lipinski definition) is 3. The third-order valence-corrected chi connectivity index (χ3v) is 4.19. The molecular weight excluding hydrogens is 310 g/mol. The summed E-state index contributed by atoms with van der Waals surface area (Å²) in [5.74, 6) is 1.90. The Labute approximate surface area is 107 Å². The van der Waals surface area contributed by atoms with Gasteiger partial charge in [0.1, 0.15) is 0 Å². The first-order chi connectivity index (χ1) is 7.87. The smallest absolute Gasteiger partial charge is 0.406 e. The third kappa shape index (κ3) is 3.22. The van der Waals surface area contributed by atoms with Gasteiger partial charge in [-0.05, 0) is 24.3 Å². The van der Waals surface area contributed by atoms with Crippen LogP contribution < -0.4 is 5.32 Å². The number of hydrogen-bond donors (Lipinski definition) is 2. The Kier molecular flexibility index (Phi) is 4.15. The Balaban J connectivity index is 3.14. The van der Waals surface area contributed by atoms with Crippen molar-refractivity contribution >= 4 is 31.9 Å². The molecule has 0 radical (unpaired) electrons. The molecule has 0 aliphatic heterocycles. The second-order valence-corrected chi connectivity index (χ2v) is 5.94. The molecule has 0 aliphatic rings. The van der Waals surface area contributed by atoms with Crippen molar-refractivity contribution in [2.45, 2.75) is 10.3 Å². The van der Waals surface area contributed by atoms with Crippen LogP contribution >= 0.6 is 15.9 Å². The van der Waals surface area contributed by atoms with Gasteiger partial charge in [-0.25, -0.2) is 13.2 Å². The minimum atomic E-state index is -3.91. The van der Waals surface area contributed by atoms with Gasteiger partial charge in [0, 0.05) is 4.47 Å². The van der Waals surface area contributed by atoms with Crippen LogP contribution in [0.4, 0.5) is 4.79 Å². The third-order valence-electron chi connectivity index (χ3n) is 1.86. The summed E-state index contributed by atoms with van der Waals surface area (Å²) in [6, 6.07) is 5.74. The fraction of sp³-hybridized carbons (Fsp3) is 0.100. The number of rotatable bonds is 3. The van der Waals surface area contributed by atoms with E-state index in [9.17, 15) is 13.2 Å². The van der Waals surface area contributed by atoms with E-state index in [1.165, 1.54) is 24.3 Å². The lowest BCUT2D eigenvalue weighted by molar-refractivity contribution is 0.194. The Morgan fingerprint density at radius 2 is 1.94 bits per heavy atom. The van der Waals surface area contributed by atoms with Crippen molar-refractivity contribution in [3.8, 4) is 12.3 Å². The molecule has 0 fully saturated rings. The number of halogens is 1. The Hall–Kier alpha value is -1.52. The van der Waals surface area contributed by atoms with Gasteiger partial charge in [-0.1, -0.05) is 21.9 Å². The topological polar surface area (TPSA) is 83.5 Å². The molecule has 17 heavy (non-hydrogen) atoms. The van der Waals surface area contributed by atoms with Crippen molar-refractivity contribution in [3.63, 3.8) is 0 Å². The first-order valence-corrected chi connectivity index (χ1v) is 6.67. The van der Waals surface area contributed by atoms with Crippen LogP contribution in [0, 0.1) is 12.3 Å². The van der Waals surface area contributed by atoms with Crippen molar-refractivity contribution in [1.82, 2.24) is 5.32 Å². The average Bonchev–Trinajstić information content (AvgIpc) is 2.26. The molecule has 5 nitrogen and oxygen atoms in total. The summed E-state index contributed by atoms with van der Waals surface area (Å²) in [6.45, 7) is 0. The van der Waals surface area contributed by atoms with E-state index in [1.807, 2.05) is 5.92 Å². The maximum Gasteiger partial charge on any atom is 0.406 e. The highest BCUT2D eigenvalue weighted by Crippen LogP contribution is 2.18. The van der Waals surface area contributed by atoms with Crippen molar-refractivity contribution in [2.24, 2.45) is 0 Å². The first-order valence-electron chi connectivity index (χ1n) is 4.33. The van der Waals surface area contributed by atoms with Gasteiger partial charge >= 0.3 is 6.09 Å². The van der Waals surface area contributed by atoms with Crippen molar-refractivity contribution < 1.29 is 18.3 Å². The zero-order chi connectivity index (χ0) is 13.1. The largest absolute Gasteiger partial charge is 0.465 e. The Morgan fingerprint density at radius 3 is 2.35 bits per heavy atom. The minimum Gasteiger partial charge on any atom is -0.465 e. The van der Waals surface area contributed by atoms with Gasteiger partial charge in [-0.3, -0.25) is 5.32 Å². The molecule has 1 aromatic rings. The quantitative estimate of drug-likeness (QED) is 0.826. The lowest BCUT2D eigenvalue weighted by Gasteiger charge is -2.11. The van der Waals surface area contributed by atoms with Gasteiger partial charge in [-0.15, -0.1) is 6.42 Å². The maximum atomic E-state index is 11.9. The highest BCUT2D eigenvalue weighted by molar-refractivity contribution is 9.10. The molecule has 0 saturated heterocycles. The summed E-state index contributed by atoms with van der Waals surface area (Å²) < 4.78 is 24.6. The van der Waals surface area contributed by atoms with E-state index in [2.05, 4.69) is 15.9 Å². The Morgan fingerprint density at radius 1 is 1.41 bits per heavy atom. The second kappa shape index (κ2) is 5.21. The fourth-order valence-corrected chi connectivity index (χ4v) is 2.57. The van der Waals surface area contributed by atoms with Crippen LogP contribution in [0.1, 0.15) is 0 Å². The monoisotopic (exact) mass is 317 g/mol. The van der Waals surface area contributed by atoms with Crippen molar-refractivity contribution in [2.75, 3.05) is 0 Å². The van der Waals surface area contributed by atoms with Gasteiger partial charge < -0.3 is 5.11 Å². The average molecular weight is 318 g/mol. The van der Waals surface area contributed by atoms with Crippen molar-refractivity contribution in [1.29, 1.82) is 0 Å². The molecule has 0 heterocycles.